The van der Waals surface area contributed by atoms with Crippen molar-refractivity contribution in [1.82, 2.24) is 19.9 Å². The Morgan fingerprint density at radius 1 is 1.28 bits per heavy atom. The Kier molecular flexibility index (Phi) is 5.37. The number of halogens is 2. The first-order chi connectivity index (χ1) is 12.0. The van der Waals surface area contributed by atoms with Crippen LogP contribution in [0.1, 0.15) is 24.1 Å². The van der Waals surface area contributed by atoms with Crippen molar-refractivity contribution in [2.24, 2.45) is 11.7 Å². The van der Waals surface area contributed by atoms with Gasteiger partial charge in [-0.1, -0.05) is 11.3 Å². The average Bonchev–Trinajstić information content (AvgIpc) is 3.05. The third kappa shape index (κ3) is 4.39. The van der Waals surface area contributed by atoms with Crippen LogP contribution in [0, 0.1) is 17.6 Å². The molecule has 0 aliphatic carbocycles. The van der Waals surface area contributed by atoms with Crippen molar-refractivity contribution in [1.29, 1.82) is 0 Å². The first-order valence-electron chi connectivity index (χ1n) is 8.36. The average molecular weight is 349 g/mol. The van der Waals surface area contributed by atoms with E-state index in [9.17, 15) is 13.6 Å². The van der Waals surface area contributed by atoms with Crippen molar-refractivity contribution >= 4 is 5.91 Å². The van der Waals surface area contributed by atoms with Gasteiger partial charge in [-0.3, -0.25) is 9.48 Å². The first kappa shape index (κ1) is 17.5. The van der Waals surface area contributed by atoms with Crippen LogP contribution in [0.15, 0.2) is 24.4 Å². The van der Waals surface area contributed by atoms with E-state index >= 15 is 0 Å². The maximum atomic E-state index is 13.7. The number of aromatic nitrogens is 3. The van der Waals surface area contributed by atoms with Gasteiger partial charge >= 0.3 is 0 Å². The number of likely N-dealkylation sites (tertiary alicyclic amines) is 1. The molecular formula is C17H21F2N5O. The molecule has 3 rings (SSSR count). The molecule has 0 spiro atoms. The van der Waals surface area contributed by atoms with E-state index in [2.05, 4.69) is 10.3 Å². The molecule has 0 unspecified atom stereocenters. The van der Waals surface area contributed by atoms with Gasteiger partial charge in [-0.25, -0.2) is 8.78 Å². The zero-order chi connectivity index (χ0) is 17.8. The lowest BCUT2D eigenvalue weighted by atomic mass is 9.96. The Bertz CT molecular complexity index is 740. The molecule has 1 amide bonds. The maximum Gasteiger partial charge on any atom is 0.227 e. The third-order valence-electron chi connectivity index (χ3n) is 4.56. The highest BCUT2D eigenvalue weighted by molar-refractivity contribution is 5.78. The minimum Gasteiger partial charge on any atom is -0.342 e. The Labute approximate surface area is 144 Å². The SMILES string of the molecule is NCc1cn(CC2CCN(C(=O)Cc3ccc(F)cc3F)CC2)nn1. The molecule has 25 heavy (non-hydrogen) atoms. The molecule has 1 aromatic heterocycles. The molecule has 6 nitrogen and oxygen atoms in total. The van der Waals surface area contributed by atoms with Crippen LogP contribution in [-0.2, 0) is 24.3 Å². The fourth-order valence-corrected chi connectivity index (χ4v) is 3.09. The van der Waals surface area contributed by atoms with E-state index in [4.69, 9.17) is 5.73 Å². The molecule has 2 N–H and O–H groups in total. The van der Waals surface area contributed by atoms with E-state index in [-0.39, 0.29) is 17.9 Å². The van der Waals surface area contributed by atoms with Gasteiger partial charge in [0.15, 0.2) is 0 Å². The largest absolute Gasteiger partial charge is 0.342 e. The summed E-state index contributed by atoms with van der Waals surface area (Å²) in [6.45, 7) is 2.38. The number of benzene rings is 1. The monoisotopic (exact) mass is 349 g/mol. The standard InChI is InChI=1S/C17H21F2N5O/c18-14-2-1-13(16(19)8-14)7-17(25)23-5-3-12(4-6-23)10-24-11-15(9-20)21-22-24/h1-2,8,11-12H,3-7,9-10,20H2. The lowest BCUT2D eigenvalue weighted by molar-refractivity contribution is -0.132. The van der Waals surface area contributed by atoms with Crippen molar-refractivity contribution < 1.29 is 13.6 Å². The highest BCUT2D eigenvalue weighted by atomic mass is 19.1. The van der Waals surface area contributed by atoms with E-state index in [0.29, 0.717) is 25.6 Å². The van der Waals surface area contributed by atoms with E-state index in [0.717, 1.165) is 31.1 Å². The summed E-state index contributed by atoms with van der Waals surface area (Å²) < 4.78 is 28.4. The molecular weight excluding hydrogens is 328 g/mol. The summed E-state index contributed by atoms with van der Waals surface area (Å²) >= 11 is 0. The van der Waals surface area contributed by atoms with Crippen molar-refractivity contribution in [3.63, 3.8) is 0 Å². The molecule has 0 radical (unpaired) electrons. The quantitative estimate of drug-likeness (QED) is 0.887. The van der Waals surface area contributed by atoms with Crippen molar-refractivity contribution in [2.45, 2.75) is 32.4 Å². The number of amides is 1. The van der Waals surface area contributed by atoms with Gasteiger partial charge < -0.3 is 10.6 Å². The van der Waals surface area contributed by atoms with E-state index in [1.807, 2.05) is 6.20 Å². The molecule has 134 valence electrons. The van der Waals surface area contributed by atoms with Gasteiger partial charge in [-0.2, -0.15) is 0 Å². The summed E-state index contributed by atoms with van der Waals surface area (Å²) in [5.41, 5.74) is 6.51. The number of nitrogens with zero attached hydrogens (tertiary/aromatic N) is 4. The second kappa shape index (κ2) is 7.69. The van der Waals surface area contributed by atoms with Crippen LogP contribution in [0.5, 0.6) is 0 Å². The fourth-order valence-electron chi connectivity index (χ4n) is 3.09. The van der Waals surface area contributed by atoms with Gasteiger partial charge in [-0.05, 0) is 30.4 Å². The van der Waals surface area contributed by atoms with Crippen molar-refractivity contribution in [3.8, 4) is 0 Å². The van der Waals surface area contributed by atoms with Crippen LogP contribution in [0.2, 0.25) is 0 Å². The smallest absolute Gasteiger partial charge is 0.227 e. The normalized spacial score (nSPS) is 15.6. The van der Waals surface area contributed by atoms with E-state index < -0.39 is 11.6 Å². The number of carbonyl (C=O) groups excluding carboxylic acids is 1. The number of hydrogen-bond donors (Lipinski definition) is 1. The molecule has 0 atom stereocenters. The van der Waals surface area contributed by atoms with E-state index in [1.165, 1.54) is 12.1 Å². The van der Waals surface area contributed by atoms with E-state index in [1.54, 1.807) is 9.58 Å². The maximum absolute atomic E-state index is 13.7. The molecule has 1 aromatic carbocycles. The summed E-state index contributed by atoms with van der Waals surface area (Å²) in [5, 5.41) is 8.01. The summed E-state index contributed by atoms with van der Waals surface area (Å²) in [6.07, 6.45) is 3.51. The van der Waals surface area contributed by atoms with Crippen LogP contribution < -0.4 is 5.73 Å². The number of nitrogens with two attached hydrogens (primary N) is 1. The molecule has 1 aliphatic heterocycles. The summed E-state index contributed by atoms with van der Waals surface area (Å²) in [7, 11) is 0. The van der Waals surface area contributed by atoms with Gasteiger partial charge in [0.05, 0.1) is 12.1 Å². The Morgan fingerprint density at radius 3 is 2.68 bits per heavy atom. The second-order valence-electron chi connectivity index (χ2n) is 6.37. The highest BCUT2D eigenvalue weighted by Crippen LogP contribution is 2.20. The number of hydrogen-bond acceptors (Lipinski definition) is 4. The van der Waals surface area contributed by atoms with Crippen LogP contribution in [0.4, 0.5) is 8.78 Å². The Morgan fingerprint density at radius 2 is 2.04 bits per heavy atom. The molecule has 0 saturated carbocycles. The summed E-state index contributed by atoms with van der Waals surface area (Å²) in [5.74, 6) is -1.03. The third-order valence-corrected chi connectivity index (χ3v) is 4.56. The van der Waals surface area contributed by atoms with Gasteiger partial charge in [0.2, 0.25) is 5.91 Å². The minimum atomic E-state index is -0.676. The lowest BCUT2D eigenvalue weighted by Gasteiger charge is -2.32. The minimum absolute atomic E-state index is 0.0419. The van der Waals surface area contributed by atoms with Gasteiger partial charge in [0.25, 0.3) is 0 Å². The molecule has 2 heterocycles. The first-order valence-corrected chi connectivity index (χ1v) is 8.36. The molecule has 0 bridgehead atoms. The molecule has 1 saturated heterocycles. The second-order valence-corrected chi connectivity index (χ2v) is 6.37. The summed E-state index contributed by atoms with van der Waals surface area (Å²) in [6, 6.07) is 3.31. The Hall–Kier alpha value is -2.35. The number of piperidine rings is 1. The Balaban J connectivity index is 1.50. The zero-order valence-electron chi connectivity index (χ0n) is 13.9. The molecule has 2 aromatic rings. The van der Waals surface area contributed by atoms with Crippen LogP contribution >= 0.6 is 0 Å². The molecule has 1 fully saturated rings. The number of rotatable bonds is 5. The van der Waals surface area contributed by atoms with Gasteiger partial charge in [0, 0.05) is 38.4 Å². The van der Waals surface area contributed by atoms with Crippen LogP contribution in [0.25, 0.3) is 0 Å². The predicted octanol–water partition coefficient (Wildman–Crippen LogP) is 1.50. The van der Waals surface area contributed by atoms with Gasteiger partial charge in [0.1, 0.15) is 11.6 Å². The molecule has 1 aliphatic rings. The molecule has 8 heteroatoms. The van der Waals surface area contributed by atoms with Crippen LogP contribution in [0.3, 0.4) is 0 Å². The zero-order valence-corrected chi connectivity index (χ0v) is 13.9. The van der Waals surface area contributed by atoms with Crippen LogP contribution in [-0.4, -0.2) is 38.9 Å². The summed E-state index contributed by atoms with van der Waals surface area (Å²) in [4.78, 5) is 14.1. The van der Waals surface area contributed by atoms with Gasteiger partial charge in [-0.15, -0.1) is 5.10 Å². The topological polar surface area (TPSA) is 77.0 Å². The van der Waals surface area contributed by atoms with Crippen molar-refractivity contribution in [2.75, 3.05) is 13.1 Å². The lowest BCUT2D eigenvalue weighted by Crippen LogP contribution is -2.40. The van der Waals surface area contributed by atoms with Crippen molar-refractivity contribution in [3.05, 3.63) is 47.3 Å². The number of carbonyl (C=O) groups is 1. The predicted molar refractivity (Wildman–Crippen MR) is 87.3 cm³/mol. The highest BCUT2D eigenvalue weighted by Gasteiger charge is 2.24. The fraction of sp³-hybridized carbons (Fsp3) is 0.471.